The molecule has 6 nitrogen and oxygen atoms in total. The van der Waals surface area contributed by atoms with Gasteiger partial charge in [-0.15, -0.1) is 0 Å². The number of hydrogen-bond donors (Lipinski definition) is 1. The number of nitrogens with one attached hydrogen (secondary N) is 1. The molecular formula is C14H6BrClN2O4S2. The first-order chi connectivity index (χ1) is 11.3. The monoisotopic (exact) mass is 444 g/mol. The number of thiocarbonyl (C=S) groups is 1. The summed E-state index contributed by atoms with van der Waals surface area (Å²) in [4.78, 5) is 22.6. The fourth-order valence-electron chi connectivity index (χ4n) is 1.99. The number of furan rings is 1. The molecule has 0 bridgehead atoms. The molecule has 122 valence electrons. The van der Waals surface area contributed by atoms with Gasteiger partial charge >= 0.3 is 0 Å². The number of nitro benzene ring substituents is 1. The van der Waals surface area contributed by atoms with Crippen LogP contribution in [0.3, 0.4) is 0 Å². The van der Waals surface area contributed by atoms with Crippen molar-refractivity contribution < 1.29 is 14.1 Å². The van der Waals surface area contributed by atoms with E-state index in [1.165, 1.54) is 6.07 Å². The van der Waals surface area contributed by atoms with Gasteiger partial charge in [0.2, 0.25) is 0 Å². The van der Waals surface area contributed by atoms with Gasteiger partial charge in [0.05, 0.1) is 14.9 Å². The second-order valence-corrected chi connectivity index (χ2v) is 7.52. The van der Waals surface area contributed by atoms with E-state index in [-0.39, 0.29) is 21.1 Å². The molecule has 0 aliphatic carbocycles. The van der Waals surface area contributed by atoms with Crippen LogP contribution in [0.25, 0.3) is 17.4 Å². The van der Waals surface area contributed by atoms with Crippen LogP contribution in [0.1, 0.15) is 5.76 Å². The topological polar surface area (TPSA) is 85.4 Å². The molecule has 0 radical (unpaired) electrons. The van der Waals surface area contributed by atoms with E-state index in [0.29, 0.717) is 26.3 Å². The van der Waals surface area contributed by atoms with Crippen molar-refractivity contribution in [1.29, 1.82) is 0 Å². The third-order valence-corrected chi connectivity index (χ3v) is 5.55. The molecule has 1 aromatic carbocycles. The van der Waals surface area contributed by atoms with Crippen LogP contribution >= 0.6 is 51.5 Å². The zero-order chi connectivity index (χ0) is 17.4. The van der Waals surface area contributed by atoms with Gasteiger partial charge in [-0.2, -0.15) is 0 Å². The molecule has 2 heterocycles. The van der Waals surface area contributed by atoms with Crippen molar-refractivity contribution in [1.82, 2.24) is 5.32 Å². The summed E-state index contributed by atoms with van der Waals surface area (Å²) in [7, 11) is 0. The van der Waals surface area contributed by atoms with Gasteiger partial charge in [-0.05, 0) is 34.1 Å². The quantitative estimate of drug-likeness (QED) is 0.317. The van der Waals surface area contributed by atoms with Crippen molar-refractivity contribution in [3.8, 4) is 11.3 Å². The zero-order valence-corrected chi connectivity index (χ0v) is 15.5. The Morgan fingerprint density at radius 1 is 1.42 bits per heavy atom. The molecule has 24 heavy (non-hydrogen) atoms. The third kappa shape index (κ3) is 3.39. The van der Waals surface area contributed by atoms with Crippen LogP contribution in [0.4, 0.5) is 5.69 Å². The number of benzene rings is 1. The van der Waals surface area contributed by atoms with E-state index in [9.17, 15) is 14.9 Å². The highest BCUT2D eigenvalue weighted by molar-refractivity contribution is 9.10. The normalized spacial score (nSPS) is 15.8. The Bertz CT molecular complexity index is 925. The SMILES string of the molecule is O=C1NC(=S)S/C1=C\c1ccc(-c2cc(Cl)c(Br)c([N+](=O)[O-])c2)o1. The van der Waals surface area contributed by atoms with Gasteiger partial charge in [0, 0.05) is 17.7 Å². The molecule has 1 amide bonds. The molecule has 0 spiro atoms. The summed E-state index contributed by atoms with van der Waals surface area (Å²) in [5, 5.41) is 13.8. The molecule has 0 unspecified atom stereocenters. The fourth-order valence-corrected chi connectivity index (χ4v) is 3.60. The summed E-state index contributed by atoms with van der Waals surface area (Å²) in [6, 6.07) is 6.21. The first-order valence-electron chi connectivity index (χ1n) is 6.33. The fraction of sp³-hybridized carbons (Fsp3) is 0. The molecule has 0 atom stereocenters. The Hall–Kier alpha value is -1.68. The van der Waals surface area contributed by atoms with E-state index < -0.39 is 4.92 Å². The number of amides is 1. The maximum Gasteiger partial charge on any atom is 0.285 e. The summed E-state index contributed by atoms with van der Waals surface area (Å²) in [5.74, 6) is 0.532. The summed E-state index contributed by atoms with van der Waals surface area (Å²) < 4.78 is 6.23. The number of carbonyl (C=O) groups excluding carboxylic acids is 1. The number of rotatable bonds is 3. The van der Waals surface area contributed by atoms with Gasteiger partial charge in [0.15, 0.2) is 0 Å². The van der Waals surface area contributed by atoms with Crippen molar-refractivity contribution in [3.63, 3.8) is 0 Å². The third-order valence-electron chi connectivity index (χ3n) is 3.03. The Morgan fingerprint density at radius 2 is 2.17 bits per heavy atom. The Morgan fingerprint density at radius 3 is 2.79 bits per heavy atom. The van der Waals surface area contributed by atoms with E-state index >= 15 is 0 Å². The lowest BCUT2D eigenvalue weighted by molar-refractivity contribution is -0.385. The van der Waals surface area contributed by atoms with E-state index in [2.05, 4.69) is 21.2 Å². The van der Waals surface area contributed by atoms with Gasteiger partial charge in [-0.1, -0.05) is 35.6 Å². The van der Waals surface area contributed by atoms with Crippen molar-refractivity contribution >= 4 is 73.5 Å². The van der Waals surface area contributed by atoms with E-state index in [1.807, 2.05) is 0 Å². The predicted molar refractivity (Wildman–Crippen MR) is 99.8 cm³/mol. The highest BCUT2D eigenvalue weighted by Gasteiger charge is 2.23. The van der Waals surface area contributed by atoms with Gasteiger partial charge in [-0.3, -0.25) is 14.9 Å². The highest BCUT2D eigenvalue weighted by Crippen LogP contribution is 2.37. The van der Waals surface area contributed by atoms with Crippen molar-refractivity contribution in [2.45, 2.75) is 0 Å². The first kappa shape index (κ1) is 17.2. The second kappa shape index (κ2) is 6.67. The van der Waals surface area contributed by atoms with E-state index in [1.54, 1.807) is 24.3 Å². The second-order valence-electron chi connectivity index (χ2n) is 4.60. The first-order valence-corrected chi connectivity index (χ1v) is 8.73. The van der Waals surface area contributed by atoms with Crippen LogP contribution in [0.2, 0.25) is 5.02 Å². The Balaban J connectivity index is 1.97. The molecule has 1 aliphatic heterocycles. The van der Waals surface area contributed by atoms with E-state index in [0.717, 1.165) is 11.8 Å². The minimum absolute atomic E-state index is 0.162. The lowest BCUT2D eigenvalue weighted by atomic mass is 10.1. The number of nitrogens with zero attached hydrogens (tertiary/aromatic N) is 1. The molecule has 1 aliphatic rings. The average molecular weight is 446 g/mol. The molecule has 1 aromatic heterocycles. The van der Waals surface area contributed by atoms with Gasteiger partial charge in [0.25, 0.3) is 11.6 Å². The number of halogens is 2. The molecule has 10 heteroatoms. The number of carbonyl (C=O) groups is 1. The largest absolute Gasteiger partial charge is 0.457 e. The van der Waals surface area contributed by atoms with Gasteiger partial charge < -0.3 is 9.73 Å². The molecular weight excluding hydrogens is 440 g/mol. The van der Waals surface area contributed by atoms with Gasteiger partial charge in [0.1, 0.15) is 20.3 Å². The highest BCUT2D eigenvalue weighted by atomic mass is 79.9. The smallest absolute Gasteiger partial charge is 0.285 e. The summed E-state index contributed by atoms with van der Waals surface area (Å²) in [5.41, 5.74) is 0.295. The summed E-state index contributed by atoms with van der Waals surface area (Å²) in [6.45, 7) is 0. The van der Waals surface area contributed by atoms with E-state index in [4.69, 9.17) is 28.2 Å². The van der Waals surface area contributed by atoms with Crippen LogP contribution in [0.15, 0.2) is 38.1 Å². The summed E-state index contributed by atoms with van der Waals surface area (Å²) >= 11 is 15.2. The lowest BCUT2D eigenvalue weighted by Crippen LogP contribution is -2.17. The minimum atomic E-state index is -0.536. The molecule has 0 saturated carbocycles. The predicted octanol–water partition coefficient (Wildman–Crippen LogP) is 4.76. The van der Waals surface area contributed by atoms with Crippen LogP contribution in [-0.4, -0.2) is 15.2 Å². The van der Waals surface area contributed by atoms with Crippen LogP contribution in [-0.2, 0) is 4.79 Å². The maximum absolute atomic E-state index is 11.6. The van der Waals surface area contributed by atoms with Crippen LogP contribution in [0.5, 0.6) is 0 Å². The van der Waals surface area contributed by atoms with Crippen molar-refractivity contribution in [2.75, 3.05) is 0 Å². The molecule has 1 fully saturated rings. The zero-order valence-electron chi connectivity index (χ0n) is 11.5. The Kier molecular flexibility index (Phi) is 4.77. The Labute approximate surface area is 158 Å². The minimum Gasteiger partial charge on any atom is -0.457 e. The van der Waals surface area contributed by atoms with Crippen molar-refractivity contribution in [3.05, 3.63) is 54.5 Å². The summed E-state index contributed by atoms with van der Waals surface area (Å²) in [6.07, 6.45) is 1.55. The molecule has 1 N–H and O–H groups in total. The molecule has 1 saturated heterocycles. The molecule has 2 aromatic rings. The average Bonchev–Trinajstić information content (AvgIpc) is 3.09. The number of nitro groups is 1. The number of thioether (sulfide) groups is 1. The number of hydrogen-bond acceptors (Lipinski definition) is 6. The maximum atomic E-state index is 11.6. The lowest BCUT2D eigenvalue weighted by Gasteiger charge is -2.02. The standard InChI is InChI=1S/C14H6BrClN2O4S2/c15-12-8(16)3-6(4-9(12)18(20)21)10-2-1-7(22-10)5-11-13(19)17-14(23)24-11/h1-5H,(H,17,19,23)/b11-5-. The van der Waals surface area contributed by atoms with Crippen LogP contribution < -0.4 is 5.32 Å². The van der Waals surface area contributed by atoms with Gasteiger partial charge in [-0.25, -0.2) is 0 Å². The molecule has 3 rings (SSSR count). The van der Waals surface area contributed by atoms with Crippen molar-refractivity contribution in [2.24, 2.45) is 0 Å². The van der Waals surface area contributed by atoms with Crippen LogP contribution in [0, 0.1) is 10.1 Å².